The number of nitrogens with one attached hydrogen (secondary N) is 2. The normalized spacial score (nSPS) is 17.1. The minimum Gasteiger partial charge on any atom is -0.377 e. The molecule has 2 aromatic rings. The first-order valence-corrected chi connectivity index (χ1v) is 8.57. The number of hydrogen-bond donors (Lipinski definition) is 2. The molecule has 0 aromatic carbocycles. The van der Waals surface area contributed by atoms with Gasteiger partial charge in [0.15, 0.2) is 11.8 Å². The van der Waals surface area contributed by atoms with E-state index in [1.807, 2.05) is 4.68 Å². The van der Waals surface area contributed by atoms with E-state index in [1.165, 1.54) is 4.88 Å². The lowest BCUT2D eigenvalue weighted by Crippen LogP contribution is -2.46. The van der Waals surface area contributed by atoms with Crippen LogP contribution in [-0.2, 0) is 30.9 Å². The van der Waals surface area contributed by atoms with Crippen molar-refractivity contribution < 1.29 is 4.74 Å². The van der Waals surface area contributed by atoms with Crippen LogP contribution in [0.2, 0.25) is 0 Å². The number of thiophene rings is 1. The summed E-state index contributed by atoms with van der Waals surface area (Å²) in [5.74, 6) is 2.61. The molecule has 0 saturated heterocycles. The quantitative estimate of drug-likeness (QED) is 0.403. The molecule has 0 bridgehead atoms. The average Bonchev–Trinajstić information content (AvgIpc) is 3.20. The summed E-state index contributed by atoms with van der Waals surface area (Å²) in [5.41, 5.74) is 0. The Hall–Kier alpha value is -1.20. The molecule has 1 aliphatic heterocycles. The van der Waals surface area contributed by atoms with Crippen LogP contribution in [-0.4, -0.2) is 40.9 Å². The van der Waals surface area contributed by atoms with Gasteiger partial charge in [-0.3, -0.25) is 4.99 Å². The number of aryl methyl sites for hydroxylation is 1. The van der Waals surface area contributed by atoms with E-state index in [0.29, 0.717) is 12.6 Å². The van der Waals surface area contributed by atoms with Crippen molar-refractivity contribution in [2.24, 2.45) is 4.99 Å². The molecule has 0 radical (unpaired) electrons. The van der Waals surface area contributed by atoms with Gasteiger partial charge in [0.1, 0.15) is 12.4 Å². The maximum absolute atomic E-state index is 5.10. The molecule has 1 aliphatic rings. The summed E-state index contributed by atoms with van der Waals surface area (Å²) >= 11 is 1.74. The number of aromatic nitrogens is 3. The van der Waals surface area contributed by atoms with Crippen LogP contribution in [0, 0.1) is 0 Å². The molecule has 0 saturated carbocycles. The third kappa shape index (κ3) is 4.90. The number of fused-ring (bicyclic) bond motifs is 1. The molecule has 0 fully saturated rings. The van der Waals surface area contributed by atoms with Crippen LogP contribution >= 0.6 is 35.3 Å². The maximum atomic E-state index is 5.10. The monoisotopic (exact) mass is 462 g/mol. The fourth-order valence-corrected chi connectivity index (χ4v) is 3.29. The molecule has 7 nitrogen and oxygen atoms in total. The lowest BCUT2D eigenvalue weighted by molar-refractivity contribution is 0.177. The van der Waals surface area contributed by atoms with Crippen LogP contribution in [0.5, 0.6) is 0 Å². The first kappa shape index (κ1) is 19.1. The highest BCUT2D eigenvalue weighted by molar-refractivity contribution is 14.0. The van der Waals surface area contributed by atoms with E-state index in [4.69, 9.17) is 4.74 Å². The van der Waals surface area contributed by atoms with E-state index < -0.39 is 0 Å². The van der Waals surface area contributed by atoms with Gasteiger partial charge in [0.2, 0.25) is 0 Å². The number of guanidine groups is 1. The van der Waals surface area contributed by atoms with Crippen molar-refractivity contribution in [3.63, 3.8) is 0 Å². The van der Waals surface area contributed by atoms with Gasteiger partial charge in [0.25, 0.3) is 0 Å². The molecule has 0 spiro atoms. The first-order chi connectivity index (χ1) is 11.3. The van der Waals surface area contributed by atoms with Crippen LogP contribution in [0.15, 0.2) is 22.5 Å². The summed E-state index contributed by atoms with van der Waals surface area (Å²) in [4.78, 5) is 10.1. The molecule has 2 N–H and O–H groups in total. The highest BCUT2D eigenvalue weighted by atomic mass is 127. The Morgan fingerprint density at radius 3 is 3.12 bits per heavy atom. The van der Waals surface area contributed by atoms with E-state index in [9.17, 15) is 0 Å². The van der Waals surface area contributed by atoms with Gasteiger partial charge in [-0.15, -0.1) is 35.3 Å². The third-order valence-electron chi connectivity index (χ3n) is 3.75. The van der Waals surface area contributed by atoms with Crippen LogP contribution in [0.3, 0.4) is 0 Å². The van der Waals surface area contributed by atoms with E-state index >= 15 is 0 Å². The van der Waals surface area contributed by atoms with Gasteiger partial charge in [-0.2, -0.15) is 5.10 Å². The largest absolute Gasteiger partial charge is 0.377 e. The molecule has 24 heavy (non-hydrogen) atoms. The van der Waals surface area contributed by atoms with E-state index in [0.717, 1.165) is 43.5 Å². The molecule has 1 atom stereocenters. The molecule has 2 aromatic heterocycles. The second kappa shape index (κ2) is 9.33. The van der Waals surface area contributed by atoms with E-state index in [1.54, 1.807) is 25.5 Å². The number of nitrogens with zero attached hydrogens (tertiary/aromatic N) is 4. The van der Waals surface area contributed by atoms with Crippen LogP contribution in [0.4, 0.5) is 0 Å². The smallest absolute Gasteiger partial charge is 0.191 e. The lowest BCUT2D eigenvalue weighted by atomic mass is 10.1. The Morgan fingerprint density at radius 2 is 2.42 bits per heavy atom. The lowest BCUT2D eigenvalue weighted by Gasteiger charge is -2.25. The van der Waals surface area contributed by atoms with Gasteiger partial charge in [-0.05, 0) is 17.9 Å². The zero-order chi connectivity index (χ0) is 16.1. The van der Waals surface area contributed by atoms with Gasteiger partial charge >= 0.3 is 0 Å². The summed E-state index contributed by atoms with van der Waals surface area (Å²) in [7, 11) is 3.46. The van der Waals surface area contributed by atoms with Crippen LogP contribution in [0.25, 0.3) is 0 Å². The molecule has 132 valence electrons. The minimum absolute atomic E-state index is 0. The Labute approximate surface area is 162 Å². The van der Waals surface area contributed by atoms with Gasteiger partial charge in [-0.25, -0.2) is 9.67 Å². The van der Waals surface area contributed by atoms with Crippen molar-refractivity contribution in [3.05, 3.63) is 34.0 Å². The number of aliphatic imine (C=N–C) groups is 1. The van der Waals surface area contributed by atoms with Crippen LogP contribution in [0.1, 0.15) is 22.9 Å². The number of hydrogen-bond acceptors (Lipinski definition) is 5. The van der Waals surface area contributed by atoms with Crippen molar-refractivity contribution in [2.45, 2.75) is 38.6 Å². The van der Waals surface area contributed by atoms with Gasteiger partial charge in [0.05, 0.1) is 13.1 Å². The van der Waals surface area contributed by atoms with E-state index in [-0.39, 0.29) is 24.0 Å². The van der Waals surface area contributed by atoms with Crippen molar-refractivity contribution in [1.29, 1.82) is 0 Å². The Morgan fingerprint density at radius 1 is 1.54 bits per heavy atom. The predicted molar refractivity (Wildman–Crippen MR) is 106 cm³/mol. The van der Waals surface area contributed by atoms with Crippen molar-refractivity contribution in [3.8, 4) is 0 Å². The average molecular weight is 462 g/mol. The summed E-state index contributed by atoms with van der Waals surface area (Å²) in [6.45, 7) is 2.05. The number of ether oxygens (including phenoxy) is 1. The summed E-state index contributed by atoms with van der Waals surface area (Å²) in [5, 5.41) is 13.4. The highest BCUT2D eigenvalue weighted by Crippen LogP contribution is 2.13. The minimum atomic E-state index is 0. The van der Waals surface area contributed by atoms with Gasteiger partial charge < -0.3 is 15.4 Å². The zero-order valence-electron chi connectivity index (χ0n) is 13.9. The third-order valence-corrected chi connectivity index (χ3v) is 4.63. The second-order valence-electron chi connectivity index (χ2n) is 5.44. The maximum Gasteiger partial charge on any atom is 0.191 e. The Bertz CT molecular complexity index is 657. The fourth-order valence-electron chi connectivity index (χ4n) is 2.64. The Kier molecular flexibility index (Phi) is 7.43. The van der Waals surface area contributed by atoms with Gasteiger partial charge in [-0.1, -0.05) is 6.07 Å². The fraction of sp³-hybridized carbons (Fsp3) is 0.533. The van der Waals surface area contributed by atoms with Crippen LogP contribution < -0.4 is 10.6 Å². The topological polar surface area (TPSA) is 76.4 Å². The second-order valence-corrected chi connectivity index (χ2v) is 6.48. The zero-order valence-corrected chi connectivity index (χ0v) is 17.0. The molecular formula is C15H23IN6OS. The van der Waals surface area contributed by atoms with Gasteiger partial charge in [0, 0.05) is 31.5 Å². The molecule has 0 amide bonds. The molecule has 0 aliphatic carbocycles. The SMILES string of the molecule is CN=C(NCc1cccs1)NC1CCc2nc(COC)nn2C1.I. The summed E-state index contributed by atoms with van der Waals surface area (Å²) in [6.07, 6.45) is 1.93. The number of halogens is 1. The molecule has 3 rings (SSSR count). The van der Waals surface area contributed by atoms with Crippen molar-refractivity contribution >= 4 is 41.3 Å². The summed E-state index contributed by atoms with van der Waals surface area (Å²) in [6, 6.07) is 4.47. The molecular weight excluding hydrogens is 439 g/mol. The first-order valence-electron chi connectivity index (χ1n) is 7.69. The van der Waals surface area contributed by atoms with E-state index in [2.05, 4.69) is 43.2 Å². The standard InChI is InChI=1S/C15H22N6OS.HI/c1-16-15(17-8-12-4-3-7-23-12)18-11-5-6-14-19-13(10-22-2)20-21(14)9-11;/h3-4,7,11H,5-6,8-10H2,1-2H3,(H2,16,17,18);1H. The molecule has 1 unspecified atom stereocenters. The highest BCUT2D eigenvalue weighted by Gasteiger charge is 2.22. The van der Waals surface area contributed by atoms with Crippen molar-refractivity contribution in [1.82, 2.24) is 25.4 Å². The Balaban J connectivity index is 0.00000208. The summed E-state index contributed by atoms with van der Waals surface area (Å²) < 4.78 is 7.07. The molecule has 3 heterocycles. The number of rotatable bonds is 5. The van der Waals surface area contributed by atoms with Crippen molar-refractivity contribution in [2.75, 3.05) is 14.2 Å². The number of methoxy groups -OCH3 is 1. The molecule has 9 heteroatoms. The predicted octanol–water partition coefficient (Wildman–Crippen LogP) is 1.78.